The second kappa shape index (κ2) is 6.00. The van der Waals surface area contributed by atoms with Crippen molar-refractivity contribution in [2.45, 2.75) is 37.8 Å². The second-order valence-corrected chi connectivity index (χ2v) is 7.96. The van der Waals surface area contributed by atoms with Gasteiger partial charge in [0.25, 0.3) is 0 Å². The average Bonchev–Trinajstić information content (AvgIpc) is 2.35. The Kier molecular flexibility index (Phi) is 4.62. The summed E-state index contributed by atoms with van der Waals surface area (Å²) in [5.74, 6) is 0.463. The number of anilines is 1. The van der Waals surface area contributed by atoms with Crippen LogP contribution in [-0.4, -0.2) is 60.1 Å². The van der Waals surface area contributed by atoms with Crippen molar-refractivity contribution in [2.24, 2.45) is 0 Å². The summed E-state index contributed by atoms with van der Waals surface area (Å²) in [6.45, 7) is 6.54. The molecular weight excluding hydrogens is 328 g/mol. The van der Waals surface area contributed by atoms with Crippen LogP contribution in [0.1, 0.15) is 19.5 Å². The van der Waals surface area contributed by atoms with Crippen molar-refractivity contribution in [3.63, 3.8) is 0 Å². The van der Waals surface area contributed by atoms with Crippen LogP contribution in [0.4, 0.5) is 10.7 Å². The standard InChI is InChI=1S/C13H19ClN4O3S/c1-8-6-17(7-9(2)18(8)12(14)19)13-15-5-11(10(3)16-13)22(4,20)21/h5,8-9H,6-7H2,1-4H3/t8-,9+. The number of hydrogen-bond donors (Lipinski definition) is 0. The molecule has 1 amide bonds. The highest BCUT2D eigenvalue weighted by Gasteiger charge is 2.33. The Labute approximate surface area is 135 Å². The number of hydrogen-bond acceptors (Lipinski definition) is 6. The van der Waals surface area contributed by atoms with E-state index in [0.717, 1.165) is 6.26 Å². The summed E-state index contributed by atoms with van der Waals surface area (Å²) in [7, 11) is -3.34. The molecule has 2 rings (SSSR count). The number of aromatic nitrogens is 2. The summed E-state index contributed by atoms with van der Waals surface area (Å²) < 4.78 is 23.2. The van der Waals surface area contributed by atoms with Gasteiger partial charge in [-0.15, -0.1) is 0 Å². The summed E-state index contributed by atoms with van der Waals surface area (Å²) in [4.78, 5) is 23.6. The van der Waals surface area contributed by atoms with Gasteiger partial charge in [0.15, 0.2) is 9.84 Å². The molecule has 0 saturated carbocycles. The second-order valence-electron chi connectivity index (χ2n) is 5.66. The van der Waals surface area contributed by atoms with Crippen LogP contribution >= 0.6 is 11.6 Å². The minimum absolute atomic E-state index is 0.0766. The van der Waals surface area contributed by atoms with Gasteiger partial charge in [0.2, 0.25) is 5.95 Å². The summed E-state index contributed by atoms with van der Waals surface area (Å²) in [6, 6.07) is -0.153. The molecule has 9 heteroatoms. The minimum Gasteiger partial charge on any atom is -0.337 e. The van der Waals surface area contributed by atoms with E-state index in [9.17, 15) is 13.2 Å². The van der Waals surface area contributed by atoms with Crippen LogP contribution < -0.4 is 4.90 Å². The van der Waals surface area contributed by atoms with E-state index in [1.54, 1.807) is 11.8 Å². The Morgan fingerprint density at radius 3 is 2.27 bits per heavy atom. The first-order valence-corrected chi connectivity index (χ1v) is 9.14. The fourth-order valence-corrected chi connectivity index (χ4v) is 3.95. The zero-order valence-corrected chi connectivity index (χ0v) is 14.5. The number of aryl methyl sites for hydroxylation is 1. The van der Waals surface area contributed by atoms with E-state index in [1.807, 2.05) is 18.7 Å². The topological polar surface area (TPSA) is 83.5 Å². The molecule has 1 aromatic rings. The van der Waals surface area contributed by atoms with E-state index in [-0.39, 0.29) is 17.0 Å². The van der Waals surface area contributed by atoms with E-state index in [0.29, 0.717) is 24.7 Å². The molecule has 1 aliphatic heterocycles. The van der Waals surface area contributed by atoms with E-state index >= 15 is 0 Å². The lowest BCUT2D eigenvalue weighted by atomic mass is 10.1. The summed E-state index contributed by atoms with van der Waals surface area (Å²) in [5, 5.41) is -0.468. The lowest BCUT2D eigenvalue weighted by molar-refractivity contribution is 0.162. The Bertz CT molecular complexity index is 683. The third-order valence-corrected chi connectivity index (χ3v) is 5.12. The molecule has 0 radical (unpaired) electrons. The fourth-order valence-electron chi connectivity index (χ4n) is 2.79. The van der Waals surface area contributed by atoms with Crippen molar-refractivity contribution in [2.75, 3.05) is 24.2 Å². The molecule has 22 heavy (non-hydrogen) atoms. The molecule has 1 aromatic heterocycles. The third kappa shape index (κ3) is 3.33. The first-order chi connectivity index (χ1) is 10.1. The molecule has 2 atom stereocenters. The van der Waals surface area contributed by atoms with Gasteiger partial charge in [-0.05, 0) is 32.4 Å². The molecule has 2 heterocycles. The van der Waals surface area contributed by atoms with Gasteiger partial charge in [-0.1, -0.05) is 0 Å². The highest BCUT2D eigenvalue weighted by molar-refractivity contribution is 7.90. The van der Waals surface area contributed by atoms with Gasteiger partial charge in [-0.3, -0.25) is 4.79 Å². The highest BCUT2D eigenvalue weighted by atomic mass is 35.5. The molecule has 0 bridgehead atoms. The van der Waals surface area contributed by atoms with Crippen LogP contribution in [0.15, 0.2) is 11.1 Å². The largest absolute Gasteiger partial charge is 0.337 e. The molecule has 1 fully saturated rings. The zero-order valence-electron chi connectivity index (χ0n) is 12.9. The van der Waals surface area contributed by atoms with Crippen LogP contribution in [0.5, 0.6) is 0 Å². The summed E-state index contributed by atoms with van der Waals surface area (Å²) >= 11 is 5.61. The number of carbonyl (C=O) groups excluding carboxylic acids is 1. The van der Waals surface area contributed by atoms with Crippen LogP contribution in [0.2, 0.25) is 0 Å². The van der Waals surface area contributed by atoms with Gasteiger partial charge < -0.3 is 9.80 Å². The van der Waals surface area contributed by atoms with Crippen LogP contribution in [0, 0.1) is 6.92 Å². The first kappa shape index (κ1) is 17.0. The van der Waals surface area contributed by atoms with Crippen molar-refractivity contribution in [1.82, 2.24) is 14.9 Å². The lowest BCUT2D eigenvalue weighted by Gasteiger charge is -2.43. The van der Waals surface area contributed by atoms with Gasteiger partial charge in [0.05, 0.1) is 11.9 Å². The Morgan fingerprint density at radius 1 is 1.32 bits per heavy atom. The quantitative estimate of drug-likeness (QED) is 0.595. The van der Waals surface area contributed by atoms with Gasteiger partial charge in [0.1, 0.15) is 4.90 Å². The average molecular weight is 347 g/mol. The molecule has 0 unspecified atom stereocenters. The molecule has 122 valence electrons. The molecule has 7 nitrogen and oxygen atoms in total. The van der Waals surface area contributed by atoms with Crippen LogP contribution in [0.25, 0.3) is 0 Å². The summed E-state index contributed by atoms with van der Waals surface area (Å²) in [6.07, 6.45) is 2.47. The maximum absolute atomic E-state index is 11.6. The van der Waals surface area contributed by atoms with E-state index < -0.39 is 15.2 Å². The maximum atomic E-state index is 11.6. The van der Waals surface area contributed by atoms with Crippen LogP contribution in [-0.2, 0) is 9.84 Å². The fraction of sp³-hybridized carbons (Fsp3) is 0.615. The van der Waals surface area contributed by atoms with Gasteiger partial charge in [-0.2, -0.15) is 0 Å². The molecule has 0 N–H and O–H groups in total. The van der Waals surface area contributed by atoms with Crippen molar-refractivity contribution >= 4 is 32.8 Å². The first-order valence-electron chi connectivity index (χ1n) is 6.87. The number of sulfone groups is 1. The SMILES string of the molecule is Cc1nc(N2C[C@@H](C)N(C(=O)Cl)[C@@H](C)C2)ncc1S(C)(=O)=O. The molecule has 0 spiro atoms. The van der Waals surface area contributed by atoms with E-state index in [4.69, 9.17) is 11.6 Å². The van der Waals surface area contributed by atoms with Gasteiger partial charge in [0, 0.05) is 31.4 Å². The normalized spacial score (nSPS) is 22.8. The summed E-state index contributed by atoms with van der Waals surface area (Å²) in [5.41, 5.74) is 0.420. The van der Waals surface area contributed by atoms with Crippen molar-refractivity contribution < 1.29 is 13.2 Å². The Hall–Kier alpha value is -1.41. The predicted octanol–water partition coefficient (Wildman–Crippen LogP) is 1.45. The lowest BCUT2D eigenvalue weighted by Crippen LogP contribution is -2.57. The number of rotatable bonds is 2. The van der Waals surface area contributed by atoms with Gasteiger partial charge >= 0.3 is 5.37 Å². The predicted molar refractivity (Wildman–Crippen MR) is 84.1 cm³/mol. The number of nitrogens with zero attached hydrogens (tertiary/aromatic N) is 4. The van der Waals surface area contributed by atoms with Crippen molar-refractivity contribution in [1.29, 1.82) is 0 Å². The third-order valence-electron chi connectivity index (χ3n) is 3.73. The van der Waals surface area contributed by atoms with E-state index in [1.165, 1.54) is 6.20 Å². The smallest absolute Gasteiger partial charge is 0.316 e. The van der Waals surface area contributed by atoms with Crippen LogP contribution in [0.3, 0.4) is 0 Å². The zero-order chi connectivity index (χ0) is 16.7. The van der Waals surface area contributed by atoms with Crippen molar-refractivity contribution in [3.8, 4) is 0 Å². The number of amides is 1. The number of halogens is 1. The van der Waals surface area contributed by atoms with Gasteiger partial charge in [-0.25, -0.2) is 18.4 Å². The molecule has 1 aliphatic rings. The Morgan fingerprint density at radius 2 is 1.86 bits per heavy atom. The monoisotopic (exact) mass is 346 g/mol. The van der Waals surface area contributed by atoms with E-state index in [2.05, 4.69) is 9.97 Å². The number of carbonyl (C=O) groups is 1. The molecule has 1 saturated heterocycles. The highest BCUT2D eigenvalue weighted by Crippen LogP contribution is 2.22. The molecular formula is C13H19ClN4O3S. The molecule has 0 aromatic carbocycles. The number of piperazine rings is 1. The Balaban J connectivity index is 2.27. The minimum atomic E-state index is -3.34. The van der Waals surface area contributed by atoms with Crippen molar-refractivity contribution in [3.05, 3.63) is 11.9 Å². The molecule has 0 aliphatic carbocycles. The maximum Gasteiger partial charge on any atom is 0.316 e.